The van der Waals surface area contributed by atoms with Crippen molar-refractivity contribution in [2.45, 2.75) is 11.8 Å². The van der Waals surface area contributed by atoms with Gasteiger partial charge in [-0.25, -0.2) is 15.0 Å². The third-order valence-electron chi connectivity index (χ3n) is 3.22. The van der Waals surface area contributed by atoms with E-state index in [0.29, 0.717) is 22.2 Å². The molecule has 0 saturated heterocycles. The number of rotatable bonds is 3. The molecule has 1 unspecified atom stereocenters. The number of nitrogens with zero attached hydrogens (tertiary/aromatic N) is 4. The number of hydrogen-bond acceptors (Lipinski definition) is 4. The fourth-order valence-corrected chi connectivity index (χ4v) is 3.39. The number of aryl methyl sites for hydroxylation is 1. The summed E-state index contributed by atoms with van der Waals surface area (Å²) < 4.78 is 14.9. The van der Waals surface area contributed by atoms with Crippen LogP contribution in [0.4, 0.5) is 0 Å². The summed E-state index contributed by atoms with van der Waals surface area (Å²) in [5.74, 6) is 1.25. The summed E-state index contributed by atoms with van der Waals surface area (Å²) in [6.45, 7) is 1.89. The van der Waals surface area contributed by atoms with Gasteiger partial charge in [-0.05, 0) is 52.2 Å². The number of halogens is 1. The van der Waals surface area contributed by atoms with Crippen molar-refractivity contribution in [2.75, 3.05) is 5.75 Å². The van der Waals surface area contributed by atoms with E-state index in [1.165, 1.54) is 0 Å². The van der Waals surface area contributed by atoms with E-state index in [1.54, 1.807) is 18.5 Å². The second-order valence-electron chi connectivity index (χ2n) is 4.47. The van der Waals surface area contributed by atoms with Gasteiger partial charge in [-0.15, -0.1) is 0 Å². The van der Waals surface area contributed by atoms with Crippen molar-refractivity contribution in [3.8, 4) is 11.5 Å². The van der Waals surface area contributed by atoms with Crippen LogP contribution in [0.3, 0.4) is 0 Å². The van der Waals surface area contributed by atoms with E-state index in [1.807, 2.05) is 30.7 Å². The number of hydrogen-bond donors (Lipinski definition) is 0. The lowest BCUT2D eigenvalue weighted by molar-refractivity contribution is 0.596. The Bertz CT molecular complexity index is 805. The molecule has 0 saturated carbocycles. The molecular weight excluding hydrogens is 352 g/mol. The zero-order valence-electron chi connectivity index (χ0n) is 11.6. The van der Waals surface area contributed by atoms with E-state index < -0.39 is 11.2 Å². The van der Waals surface area contributed by atoms with Crippen LogP contribution in [0.25, 0.3) is 22.6 Å². The third-order valence-corrected chi connectivity index (χ3v) is 5.00. The SMILES string of the molecule is CC[S+]([O-])c1cccnc1-c1nc2cc(Br)ncc2n1C. The Morgan fingerprint density at radius 1 is 1.38 bits per heavy atom. The molecule has 0 aliphatic rings. The van der Waals surface area contributed by atoms with Gasteiger partial charge in [-0.1, -0.05) is 0 Å². The molecule has 3 aromatic heterocycles. The Kier molecular flexibility index (Phi) is 3.97. The van der Waals surface area contributed by atoms with Crippen LogP contribution < -0.4 is 0 Å². The molecule has 0 N–H and O–H groups in total. The van der Waals surface area contributed by atoms with Crippen LogP contribution in [0.15, 0.2) is 40.1 Å². The van der Waals surface area contributed by atoms with E-state index in [0.717, 1.165) is 15.6 Å². The molecular formula is C14H13BrN4OS. The smallest absolute Gasteiger partial charge is 0.182 e. The summed E-state index contributed by atoms with van der Waals surface area (Å²) in [4.78, 5) is 13.9. The predicted molar refractivity (Wildman–Crippen MR) is 86.4 cm³/mol. The summed E-state index contributed by atoms with van der Waals surface area (Å²) in [6.07, 6.45) is 3.45. The molecule has 0 aliphatic carbocycles. The first-order valence-electron chi connectivity index (χ1n) is 6.43. The number of fused-ring (bicyclic) bond motifs is 1. The molecule has 21 heavy (non-hydrogen) atoms. The highest BCUT2D eigenvalue weighted by Crippen LogP contribution is 2.28. The average molecular weight is 365 g/mol. The lowest BCUT2D eigenvalue weighted by Gasteiger charge is -2.11. The standard InChI is InChI=1S/C14H13BrN4OS/c1-3-21(20)11-5-4-6-16-13(11)14-18-9-7-12(15)17-8-10(9)19(14)2/h4-8H,3H2,1-2H3. The number of aromatic nitrogens is 4. The first-order chi connectivity index (χ1) is 10.1. The second kappa shape index (κ2) is 5.75. The van der Waals surface area contributed by atoms with Gasteiger partial charge in [0.1, 0.15) is 10.4 Å². The second-order valence-corrected chi connectivity index (χ2v) is 7.00. The molecule has 0 bridgehead atoms. The lowest BCUT2D eigenvalue weighted by Crippen LogP contribution is -2.08. The molecule has 3 rings (SSSR count). The quantitative estimate of drug-likeness (QED) is 0.529. The molecule has 3 aromatic rings. The molecule has 0 radical (unpaired) electrons. The number of pyridine rings is 2. The maximum absolute atomic E-state index is 12.2. The van der Waals surface area contributed by atoms with Gasteiger partial charge in [0.25, 0.3) is 0 Å². The van der Waals surface area contributed by atoms with Crippen LogP contribution in [0, 0.1) is 0 Å². The van der Waals surface area contributed by atoms with E-state index >= 15 is 0 Å². The van der Waals surface area contributed by atoms with E-state index in [2.05, 4.69) is 30.9 Å². The van der Waals surface area contributed by atoms with Crippen molar-refractivity contribution >= 4 is 38.1 Å². The monoisotopic (exact) mass is 364 g/mol. The third kappa shape index (κ3) is 2.56. The maximum Gasteiger partial charge on any atom is 0.182 e. The van der Waals surface area contributed by atoms with Gasteiger partial charge in [-0.3, -0.25) is 0 Å². The highest BCUT2D eigenvalue weighted by atomic mass is 79.9. The van der Waals surface area contributed by atoms with Gasteiger partial charge in [0.2, 0.25) is 0 Å². The highest BCUT2D eigenvalue weighted by Gasteiger charge is 2.21. The minimum Gasteiger partial charge on any atom is -0.611 e. The van der Waals surface area contributed by atoms with Crippen LogP contribution in [0.2, 0.25) is 0 Å². The normalized spacial score (nSPS) is 12.8. The van der Waals surface area contributed by atoms with Crippen LogP contribution in [0.1, 0.15) is 6.92 Å². The van der Waals surface area contributed by atoms with Gasteiger partial charge in [0, 0.05) is 13.2 Å². The van der Waals surface area contributed by atoms with Crippen LogP contribution in [0.5, 0.6) is 0 Å². The molecule has 0 aliphatic heterocycles. The van der Waals surface area contributed by atoms with Crippen molar-refractivity contribution < 1.29 is 4.55 Å². The Balaban J connectivity index is 2.24. The summed E-state index contributed by atoms with van der Waals surface area (Å²) in [6, 6.07) is 5.50. The predicted octanol–water partition coefficient (Wildman–Crippen LogP) is 2.92. The molecule has 0 amide bonds. The first-order valence-corrected chi connectivity index (χ1v) is 8.54. The lowest BCUT2D eigenvalue weighted by atomic mass is 10.3. The Morgan fingerprint density at radius 3 is 2.95 bits per heavy atom. The average Bonchev–Trinajstić information content (AvgIpc) is 2.82. The van der Waals surface area contributed by atoms with Crippen molar-refractivity contribution in [3.05, 3.63) is 35.2 Å². The largest absolute Gasteiger partial charge is 0.611 e. The van der Waals surface area contributed by atoms with Gasteiger partial charge < -0.3 is 9.12 Å². The Hall–Kier alpha value is -1.44. The molecule has 0 aromatic carbocycles. The molecule has 0 spiro atoms. The molecule has 7 heteroatoms. The zero-order chi connectivity index (χ0) is 15.0. The fourth-order valence-electron chi connectivity index (χ4n) is 2.17. The fraction of sp³-hybridized carbons (Fsp3) is 0.214. The summed E-state index contributed by atoms with van der Waals surface area (Å²) >= 11 is 2.27. The Labute approximate surface area is 133 Å². The van der Waals surface area contributed by atoms with Gasteiger partial charge in [-0.2, -0.15) is 0 Å². The molecule has 5 nitrogen and oxygen atoms in total. The molecule has 1 atom stereocenters. The van der Waals surface area contributed by atoms with Gasteiger partial charge in [0.15, 0.2) is 16.4 Å². The zero-order valence-corrected chi connectivity index (χ0v) is 14.0. The highest BCUT2D eigenvalue weighted by molar-refractivity contribution is 9.10. The van der Waals surface area contributed by atoms with E-state index in [4.69, 9.17) is 0 Å². The van der Waals surface area contributed by atoms with E-state index in [-0.39, 0.29) is 0 Å². The first kappa shape index (κ1) is 14.5. The molecule has 108 valence electrons. The van der Waals surface area contributed by atoms with Crippen LogP contribution in [-0.2, 0) is 18.2 Å². The van der Waals surface area contributed by atoms with Gasteiger partial charge in [0.05, 0.1) is 17.2 Å². The van der Waals surface area contributed by atoms with Crippen molar-refractivity contribution in [3.63, 3.8) is 0 Å². The number of imidazole rings is 1. The summed E-state index contributed by atoms with van der Waals surface area (Å²) in [5.41, 5.74) is 2.40. The summed E-state index contributed by atoms with van der Waals surface area (Å²) in [7, 11) is 1.91. The minimum atomic E-state index is -1.08. The van der Waals surface area contributed by atoms with Crippen LogP contribution in [-0.4, -0.2) is 29.8 Å². The summed E-state index contributed by atoms with van der Waals surface area (Å²) in [5, 5.41) is 0. The van der Waals surface area contributed by atoms with Crippen molar-refractivity contribution in [1.82, 2.24) is 19.5 Å². The molecule has 3 heterocycles. The maximum atomic E-state index is 12.2. The topological polar surface area (TPSA) is 66.7 Å². The van der Waals surface area contributed by atoms with E-state index in [9.17, 15) is 4.55 Å². The Morgan fingerprint density at radius 2 is 2.19 bits per heavy atom. The van der Waals surface area contributed by atoms with Crippen molar-refractivity contribution in [1.29, 1.82) is 0 Å². The van der Waals surface area contributed by atoms with Crippen LogP contribution >= 0.6 is 15.9 Å². The van der Waals surface area contributed by atoms with Gasteiger partial charge >= 0.3 is 0 Å². The van der Waals surface area contributed by atoms with Crippen molar-refractivity contribution in [2.24, 2.45) is 7.05 Å². The minimum absolute atomic E-state index is 0.551. The molecule has 0 fully saturated rings.